The number of carbonyl (C=O) groups excluding carboxylic acids is 1. The lowest BCUT2D eigenvalue weighted by Gasteiger charge is -2.23. The molecule has 0 aliphatic carbocycles. The van der Waals surface area contributed by atoms with E-state index in [0.29, 0.717) is 5.56 Å². The molecule has 1 amide bonds. The minimum Gasteiger partial charge on any atom is -0.314 e. The van der Waals surface area contributed by atoms with Gasteiger partial charge in [-0.25, -0.2) is 0 Å². The van der Waals surface area contributed by atoms with E-state index >= 15 is 0 Å². The Labute approximate surface area is 131 Å². The van der Waals surface area contributed by atoms with Crippen LogP contribution >= 0.6 is 15.9 Å². The average Bonchev–Trinajstić information content (AvgIpc) is 2.87. The predicted molar refractivity (Wildman–Crippen MR) is 75.7 cm³/mol. The normalized spacial score (nSPS) is 14.5. The highest BCUT2D eigenvalue weighted by atomic mass is 79.9. The fourth-order valence-corrected chi connectivity index (χ4v) is 1.87. The van der Waals surface area contributed by atoms with Gasteiger partial charge in [0, 0.05) is 4.47 Å². The molecular weight excluding hydrogens is 367 g/mol. The second-order valence-corrected chi connectivity index (χ2v) is 5.58. The predicted octanol–water partition coefficient (Wildman–Crippen LogP) is 2.40. The second kappa shape index (κ2) is 5.69. The molecule has 0 aliphatic rings. The number of carbonyl (C=O) groups is 1. The Morgan fingerprint density at radius 3 is 2.41 bits per heavy atom. The van der Waals surface area contributed by atoms with Gasteiger partial charge in [0.15, 0.2) is 0 Å². The maximum Gasteiger partial charge on any atom is 0.451 e. The topological polar surface area (TPSA) is 96.7 Å². The third-order valence-electron chi connectivity index (χ3n) is 2.89. The molecule has 1 atom stereocenters. The average molecular weight is 378 g/mol. The zero-order valence-corrected chi connectivity index (χ0v) is 12.8. The van der Waals surface area contributed by atoms with Crippen molar-refractivity contribution in [3.05, 3.63) is 40.1 Å². The standard InChI is InChI=1S/C12H11BrF3N5O/c1-11(17,6-2-4-7(13)5-3-6)9(22)19-10-18-8(20-21-10)12(14,15)16/h2-5H,17H2,1H3,(H2,18,19,20,21,22). The number of amides is 1. The lowest BCUT2D eigenvalue weighted by atomic mass is 9.92. The summed E-state index contributed by atoms with van der Waals surface area (Å²) in [6, 6.07) is 6.65. The maximum atomic E-state index is 12.4. The van der Waals surface area contributed by atoms with Crippen molar-refractivity contribution in [3.8, 4) is 0 Å². The number of anilines is 1. The number of alkyl halides is 3. The molecule has 0 aliphatic heterocycles. The van der Waals surface area contributed by atoms with Crippen LogP contribution in [0.5, 0.6) is 0 Å². The molecule has 1 unspecified atom stereocenters. The van der Waals surface area contributed by atoms with Gasteiger partial charge in [0.1, 0.15) is 5.54 Å². The fraction of sp³-hybridized carbons (Fsp3) is 0.250. The van der Waals surface area contributed by atoms with E-state index in [1.54, 1.807) is 29.4 Å². The molecule has 0 saturated carbocycles. The number of nitrogens with two attached hydrogens (primary N) is 1. The third kappa shape index (κ3) is 3.45. The molecule has 10 heteroatoms. The number of H-pyrrole nitrogens is 1. The first-order valence-corrected chi connectivity index (χ1v) is 6.76. The number of hydrogen-bond donors (Lipinski definition) is 3. The summed E-state index contributed by atoms with van der Waals surface area (Å²) in [5.41, 5.74) is 4.98. The number of halogens is 4. The van der Waals surface area contributed by atoms with Gasteiger partial charge < -0.3 is 5.73 Å². The van der Waals surface area contributed by atoms with Crippen molar-refractivity contribution >= 4 is 27.8 Å². The summed E-state index contributed by atoms with van der Waals surface area (Å²) in [5.74, 6) is -2.53. The van der Waals surface area contributed by atoms with E-state index in [2.05, 4.69) is 31.3 Å². The maximum absolute atomic E-state index is 12.4. The van der Waals surface area contributed by atoms with Crippen molar-refractivity contribution in [1.82, 2.24) is 15.2 Å². The number of nitrogens with zero attached hydrogens (tertiary/aromatic N) is 2. The molecule has 1 aromatic carbocycles. The molecule has 0 radical (unpaired) electrons. The van der Waals surface area contributed by atoms with Gasteiger partial charge in [-0.1, -0.05) is 28.1 Å². The van der Waals surface area contributed by atoms with Crippen LogP contribution in [0.15, 0.2) is 28.7 Å². The monoisotopic (exact) mass is 377 g/mol. The molecule has 2 aromatic rings. The molecule has 4 N–H and O–H groups in total. The molecule has 0 bridgehead atoms. The van der Waals surface area contributed by atoms with Gasteiger partial charge in [0.2, 0.25) is 11.8 Å². The van der Waals surface area contributed by atoms with Crippen LogP contribution in [0, 0.1) is 0 Å². The minimum atomic E-state index is -4.67. The third-order valence-corrected chi connectivity index (χ3v) is 3.42. The van der Waals surface area contributed by atoms with E-state index in [0.717, 1.165) is 4.47 Å². The Balaban J connectivity index is 2.17. The SMILES string of the molecule is CC(N)(C(=O)Nc1n[nH]c(C(F)(F)F)n1)c1ccc(Br)cc1. The number of hydrogen-bond acceptors (Lipinski definition) is 4. The Hall–Kier alpha value is -1.94. The van der Waals surface area contributed by atoms with E-state index < -0.39 is 29.4 Å². The molecular formula is C12H11BrF3N5O. The van der Waals surface area contributed by atoms with Crippen LogP contribution in [0.4, 0.5) is 19.1 Å². The van der Waals surface area contributed by atoms with Crippen molar-refractivity contribution in [3.63, 3.8) is 0 Å². The lowest BCUT2D eigenvalue weighted by molar-refractivity contribution is -0.144. The summed E-state index contributed by atoms with van der Waals surface area (Å²) in [5, 5.41) is 7.15. The van der Waals surface area contributed by atoms with Gasteiger partial charge in [-0.3, -0.25) is 15.2 Å². The number of aromatic nitrogens is 3. The first kappa shape index (κ1) is 16.4. The van der Waals surface area contributed by atoms with Gasteiger partial charge in [-0.2, -0.15) is 18.2 Å². The van der Waals surface area contributed by atoms with E-state index in [4.69, 9.17) is 5.73 Å². The summed E-state index contributed by atoms with van der Waals surface area (Å²) in [6.45, 7) is 1.43. The largest absolute Gasteiger partial charge is 0.451 e. The number of nitrogens with one attached hydrogen (secondary N) is 2. The van der Waals surface area contributed by atoms with Crippen LogP contribution in [0.25, 0.3) is 0 Å². The highest BCUT2D eigenvalue weighted by Gasteiger charge is 2.36. The van der Waals surface area contributed by atoms with E-state index in [9.17, 15) is 18.0 Å². The molecule has 0 saturated heterocycles. The number of rotatable bonds is 3. The van der Waals surface area contributed by atoms with E-state index in [1.165, 1.54) is 6.92 Å². The molecule has 0 spiro atoms. The molecule has 0 fully saturated rings. The van der Waals surface area contributed by atoms with E-state index in [1.807, 2.05) is 0 Å². The van der Waals surface area contributed by atoms with Gasteiger partial charge in [0.25, 0.3) is 5.91 Å². The van der Waals surface area contributed by atoms with Gasteiger partial charge in [-0.15, -0.1) is 5.10 Å². The Kier molecular flexibility index (Phi) is 4.25. The van der Waals surface area contributed by atoms with Crippen LogP contribution in [-0.2, 0) is 16.5 Å². The summed E-state index contributed by atoms with van der Waals surface area (Å²) >= 11 is 3.25. The highest BCUT2D eigenvalue weighted by molar-refractivity contribution is 9.10. The summed E-state index contributed by atoms with van der Waals surface area (Å²) in [7, 11) is 0. The van der Waals surface area contributed by atoms with Crippen LogP contribution in [0.2, 0.25) is 0 Å². The van der Waals surface area contributed by atoms with Crippen molar-refractivity contribution < 1.29 is 18.0 Å². The molecule has 1 heterocycles. The zero-order valence-electron chi connectivity index (χ0n) is 11.2. The van der Waals surface area contributed by atoms with Gasteiger partial charge >= 0.3 is 6.18 Å². The molecule has 22 heavy (non-hydrogen) atoms. The molecule has 1 aromatic heterocycles. The van der Waals surface area contributed by atoms with Crippen molar-refractivity contribution in [2.75, 3.05) is 5.32 Å². The number of aromatic amines is 1. The van der Waals surface area contributed by atoms with E-state index in [-0.39, 0.29) is 0 Å². The Bertz CT molecular complexity index is 681. The van der Waals surface area contributed by atoms with Crippen molar-refractivity contribution in [1.29, 1.82) is 0 Å². The molecule has 2 rings (SSSR count). The highest BCUT2D eigenvalue weighted by Crippen LogP contribution is 2.27. The van der Waals surface area contributed by atoms with Crippen molar-refractivity contribution in [2.45, 2.75) is 18.6 Å². The first-order chi connectivity index (χ1) is 10.1. The van der Waals surface area contributed by atoms with Gasteiger partial charge in [-0.05, 0) is 24.6 Å². The number of benzene rings is 1. The minimum absolute atomic E-state index is 0.486. The Morgan fingerprint density at radius 2 is 1.91 bits per heavy atom. The molecule has 6 nitrogen and oxygen atoms in total. The summed E-state index contributed by atoms with van der Waals surface area (Å²) < 4.78 is 38.0. The van der Waals surface area contributed by atoms with Crippen LogP contribution in [0.3, 0.4) is 0 Å². The van der Waals surface area contributed by atoms with Gasteiger partial charge in [0.05, 0.1) is 0 Å². The second-order valence-electron chi connectivity index (χ2n) is 4.67. The van der Waals surface area contributed by atoms with Crippen LogP contribution < -0.4 is 11.1 Å². The van der Waals surface area contributed by atoms with Crippen LogP contribution in [0.1, 0.15) is 18.3 Å². The lowest BCUT2D eigenvalue weighted by Crippen LogP contribution is -2.45. The van der Waals surface area contributed by atoms with Crippen LogP contribution in [-0.4, -0.2) is 21.1 Å². The summed E-state index contributed by atoms with van der Waals surface area (Å²) in [4.78, 5) is 15.3. The summed E-state index contributed by atoms with van der Waals surface area (Å²) in [6.07, 6.45) is -4.67. The van der Waals surface area contributed by atoms with Crippen molar-refractivity contribution in [2.24, 2.45) is 5.73 Å². The zero-order chi connectivity index (χ0) is 16.5. The fourth-order valence-electron chi connectivity index (χ4n) is 1.60. The Morgan fingerprint density at radius 1 is 1.32 bits per heavy atom. The molecule has 118 valence electrons. The quantitative estimate of drug-likeness (QED) is 0.764. The first-order valence-electron chi connectivity index (χ1n) is 5.96. The smallest absolute Gasteiger partial charge is 0.314 e.